The molecule has 2 amide bonds. The molecule has 4 rings (SSSR count). The zero-order chi connectivity index (χ0) is 18.6. The van der Waals surface area contributed by atoms with E-state index >= 15 is 0 Å². The molecular weight excluding hydrogens is 342 g/mol. The van der Waals surface area contributed by atoms with Gasteiger partial charge in [0.05, 0.1) is 18.2 Å². The fourth-order valence-corrected chi connectivity index (χ4v) is 4.03. The van der Waals surface area contributed by atoms with Gasteiger partial charge in [0.15, 0.2) is 0 Å². The first-order valence-electron chi connectivity index (χ1n) is 9.63. The van der Waals surface area contributed by atoms with Gasteiger partial charge in [-0.15, -0.1) is 0 Å². The van der Waals surface area contributed by atoms with E-state index in [-0.39, 0.29) is 30.2 Å². The van der Waals surface area contributed by atoms with Crippen LogP contribution >= 0.6 is 0 Å². The number of carbonyl (C=O) groups excluding carboxylic acids is 2. The summed E-state index contributed by atoms with van der Waals surface area (Å²) in [5, 5.41) is 3.06. The van der Waals surface area contributed by atoms with Gasteiger partial charge in [0.2, 0.25) is 11.8 Å². The maximum Gasteiger partial charge on any atom is 0.227 e. The summed E-state index contributed by atoms with van der Waals surface area (Å²) in [4.78, 5) is 29.1. The highest BCUT2D eigenvalue weighted by molar-refractivity contribution is 6.00. The van der Waals surface area contributed by atoms with Crippen molar-refractivity contribution in [2.24, 2.45) is 5.92 Å². The molecule has 0 aliphatic carbocycles. The Morgan fingerprint density at radius 3 is 2.63 bits per heavy atom. The fraction of sp³-hybridized carbons (Fsp3) is 0.429. The monoisotopic (exact) mass is 367 g/mol. The zero-order valence-electron chi connectivity index (χ0n) is 15.3. The molecule has 0 radical (unpaired) electrons. The Morgan fingerprint density at radius 2 is 1.93 bits per heavy atom. The predicted molar refractivity (Wildman–Crippen MR) is 102 cm³/mol. The van der Waals surface area contributed by atoms with Gasteiger partial charge in [0.25, 0.3) is 0 Å². The van der Waals surface area contributed by atoms with E-state index in [4.69, 9.17) is 4.42 Å². The van der Waals surface area contributed by atoms with Gasteiger partial charge in [0, 0.05) is 25.2 Å². The first kappa shape index (κ1) is 17.8. The normalized spacial score (nSPS) is 21.6. The quantitative estimate of drug-likeness (QED) is 0.852. The van der Waals surface area contributed by atoms with Crippen molar-refractivity contribution in [3.8, 4) is 0 Å². The van der Waals surface area contributed by atoms with Crippen molar-refractivity contribution in [3.05, 3.63) is 54.5 Å². The summed E-state index contributed by atoms with van der Waals surface area (Å²) in [5.41, 5.74) is 0.850. The van der Waals surface area contributed by atoms with E-state index in [1.165, 1.54) is 12.8 Å². The van der Waals surface area contributed by atoms with Crippen molar-refractivity contribution in [1.29, 1.82) is 0 Å². The van der Waals surface area contributed by atoms with Gasteiger partial charge in [-0.2, -0.15) is 0 Å². The maximum absolute atomic E-state index is 12.7. The summed E-state index contributed by atoms with van der Waals surface area (Å²) in [6.45, 7) is 2.97. The average Bonchev–Trinajstić information content (AvgIpc) is 3.45. The minimum atomic E-state index is -0.312. The molecule has 1 aromatic heterocycles. The second-order valence-electron chi connectivity index (χ2n) is 7.26. The number of furan rings is 1. The van der Waals surface area contributed by atoms with Crippen LogP contribution in [0.4, 0.5) is 5.69 Å². The van der Waals surface area contributed by atoms with Crippen molar-refractivity contribution >= 4 is 17.5 Å². The van der Waals surface area contributed by atoms with Crippen LogP contribution in [0.25, 0.3) is 0 Å². The molecule has 6 heteroatoms. The number of rotatable bonds is 6. The van der Waals surface area contributed by atoms with Gasteiger partial charge in [-0.05, 0) is 50.2 Å². The van der Waals surface area contributed by atoms with Crippen LogP contribution in [-0.4, -0.2) is 42.9 Å². The summed E-state index contributed by atoms with van der Waals surface area (Å²) in [5.74, 6) is 0.514. The Labute approximate surface area is 159 Å². The molecule has 2 atom stereocenters. The molecule has 2 fully saturated rings. The molecule has 2 saturated heterocycles. The van der Waals surface area contributed by atoms with Crippen molar-refractivity contribution in [2.45, 2.75) is 25.3 Å². The van der Waals surface area contributed by atoms with Crippen LogP contribution in [0.1, 0.15) is 31.1 Å². The molecule has 0 spiro atoms. The second-order valence-corrected chi connectivity index (χ2v) is 7.26. The summed E-state index contributed by atoms with van der Waals surface area (Å²) >= 11 is 0. The number of hydrogen-bond acceptors (Lipinski definition) is 4. The number of nitrogens with one attached hydrogen (secondary N) is 1. The number of para-hydroxylation sites is 1. The van der Waals surface area contributed by atoms with E-state index in [2.05, 4.69) is 10.2 Å². The first-order valence-corrected chi connectivity index (χ1v) is 9.63. The number of amides is 2. The van der Waals surface area contributed by atoms with E-state index in [9.17, 15) is 9.59 Å². The van der Waals surface area contributed by atoms with Gasteiger partial charge in [-0.1, -0.05) is 18.2 Å². The Bertz CT molecular complexity index is 769. The lowest BCUT2D eigenvalue weighted by molar-refractivity contribution is -0.126. The summed E-state index contributed by atoms with van der Waals surface area (Å²) in [6.07, 6.45) is 4.28. The first-order chi connectivity index (χ1) is 13.2. The van der Waals surface area contributed by atoms with Gasteiger partial charge in [0.1, 0.15) is 5.76 Å². The Kier molecular flexibility index (Phi) is 5.25. The largest absolute Gasteiger partial charge is 0.468 e. The predicted octanol–water partition coefficient (Wildman–Crippen LogP) is 2.59. The molecule has 0 saturated carbocycles. The lowest BCUT2D eigenvalue weighted by Gasteiger charge is -2.26. The maximum atomic E-state index is 12.7. The summed E-state index contributed by atoms with van der Waals surface area (Å²) in [6, 6.07) is 13.4. The van der Waals surface area contributed by atoms with Crippen molar-refractivity contribution in [1.82, 2.24) is 10.2 Å². The van der Waals surface area contributed by atoms with Crippen molar-refractivity contribution in [3.63, 3.8) is 0 Å². The highest BCUT2D eigenvalue weighted by atomic mass is 16.3. The molecule has 1 N–H and O–H groups in total. The number of benzene rings is 1. The minimum Gasteiger partial charge on any atom is -0.468 e. The Balaban J connectivity index is 1.38. The molecule has 27 heavy (non-hydrogen) atoms. The molecule has 2 aliphatic heterocycles. The van der Waals surface area contributed by atoms with Crippen LogP contribution in [0.15, 0.2) is 53.1 Å². The smallest absolute Gasteiger partial charge is 0.227 e. The van der Waals surface area contributed by atoms with Gasteiger partial charge in [-0.25, -0.2) is 0 Å². The third kappa shape index (κ3) is 3.90. The number of hydrogen-bond donors (Lipinski definition) is 1. The summed E-state index contributed by atoms with van der Waals surface area (Å²) in [7, 11) is 0. The molecule has 1 aromatic carbocycles. The Morgan fingerprint density at radius 1 is 1.15 bits per heavy atom. The van der Waals surface area contributed by atoms with Crippen LogP contribution in [0.3, 0.4) is 0 Å². The molecule has 6 nitrogen and oxygen atoms in total. The molecule has 2 aromatic rings. The average molecular weight is 367 g/mol. The standard InChI is InChI=1S/C21H25N3O3/c25-20-13-16(15-24(20)17-7-2-1-3-8-17)21(26)22-14-18(19-9-6-12-27-19)23-10-4-5-11-23/h1-3,6-9,12,16,18H,4-5,10-11,13-15H2,(H,22,26). The molecule has 142 valence electrons. The van der Waals surface area contributed by atoms with Gasteiger partial charge in [-0.3, -0.25) is 14.5 Å². The van der Waals surface area contributed by atoms with Gasteiger partial charge >= 0.3 is 0 Å². The van der Waals surface area contributed by atoms with Crippen LogP contribution in [0.5, 0.6) is 0 Å². The highest BCUT2D eigenvalue weighted by Crippen LogP contribution is 2.27. The van der Waals surface area contributed by atoms with Crippen LogP contribution in [-0.2, 0) is 9.59 Å². The van der Waals surface area contributed by atoms with E-state index in [0.717, 1.165) is 24.5 Å². The molecular formula is C21H25N3O3. The lowest BCUT2D eigenvalue weighted by atomic mass is 10.1. The third-order valence-corrected chi connectivity index (χ3v) is 5.49. The molecule has 2 aliphatic rings. The topological polar surface area (TPSA) is 65.8 Å². The van der Waals surface area contributed by atoms with Gasteiger partial charge < -0.3 is 14.6 Å². The molecule has 2 unspecified atom stereocenters. The third-order valence-electron chi connectivity index (χ3n) is 5.49. The van der Waals surface area contributed by atoms with Crippen LogP contribution in [0, 0.1) is 5.92 Å². The fourth-order valence-electron chi connectivity index (χ4n) is 4.03. The number of likely N-dealkylation sites (tertiary alicyclic amines) is 1. The molecule has 0 bridgehead atoms. The molecule has 3 heterocycles. The van der Waals surface area contributed by atoms with Crippen LogP contribution < -0.4 is 10.2 Å². The number of carbonyl (C=O) groups is 2. The summed E-state index contributed by atoms with van der Waals surface area (Å²) < 4.78 is 5.60. The lowest BCUT2D eigenvalue weighted by Crippen LogP contribution is -2.39. The number of anilines is 1. The van der Waals surface area contributed by atoms with E-state index < -0.39 is 0 Å². The van der Waals surface area contributed by atoms with E-state index in [1.807, 2.05) is 42.5 Å². The second kappa shape index (κ2) is 7.96. The Hall–Kier alpha value is -2.60. The zero-order valence-corrected chi connectivity index (χ0v) is 15.3. The van der Waals surface area contributed by atoms with E-state index in [0.29, 0.717) is 13.1 Å². The van der Waals surface area contributed by atoms with Crippen LogP contribution in [0.2, 0.25) is 0 Å². The SMILES string of the molecule is O=C(NCC(c1ccco1)N1CCCC1)C1CC(=O)N(c2ccccc2)C1. The highest BCUT2D eigenvalue weighted by Gasteiger charge is 2.35. The number of nitrogens with zero attached hydrogens (tertiary/aromatic N) is 2. The van der Waals surface area contributed by atoms with Crippen molar-refractivity contribution in [2.75, 3.05) is 31.1 Å². The minimum absolute atomic E-state index is 0.00322. The van der Waals surface area contributed by atoms with E-state index in [1.54, 1.807) is 11.2 Å². The van der Waals surface area contributed by atoms with Crippen molar-refractivity contribution < 1.29 is 14.0 Å².